The molecule has 0 saturated carbocycles. The van der Waals surface area contributed by atoms with E-state index in [-0.39, 0.29) is 0 Å². The Morgan fingerprint density at radius 2 is 2.00 bits per heavy atom. The summed E-state index contributed by atoms with van der Waals surface area (Å²) in [4.78, 5) is 8.27. The highest BCUT2D eigenvalue weighted by atomic mass is 35.5. The number of halogens is 1. The summed E-state index contributed by atoms with van der Waals surface area (Å²) in [5, 5.41) is 5.69. The number of rotatable bonds is 1. The Morgan fingerprint density at radius 3 is 2.61 bits per heavy atom. The van der Waals surface area contributed by atoms with Crippen LogP contribution in [-0.2, 0) is 14.1 Å². The first-order valence-corrected chi connectivity index (χ1v) is 5.92. The molecule has 5 nitrogen and oxygen atoms in total. The first-order chi connectivity index (χ1) is 8.58. The first-order valence-electron chi connectivity index (χ1n) is 5.54. The molecule has 92 valence electrons. The standard InChI is InChI=1S/C12H12ClN5/c1-7-9(5-17(2)16-7)10-4-8-11(13)14-6-15-12(8)18(10)3/h4-6H,1-3H3. The van der Waals surface area contributed by atoms with Crippen molar-refractivity contribution < 1.29 is 0 Å². The molecule has 0 saturated heterocycles. The second-order valence-electron chi connectivity index (χ2n) is 4.29. The minimum atomic E-state index is 0.475. The molecule has 0 aliphatic rings. The maximum Gasteiger partial charge on any atom is 0.145 e. The van der Waals surface area contributed by atoms with Gasteiger partial charge in [-0.3, -0.25) is 4.68 Å². The molecule has 0 aliphatic heterocycles. The van der Waals surface area contributed by atoms with Crippen molar-refractivity contribution >= 4 is 22.6 Å². The summed E-state index contributed by atoms with van der Waals surface area (Å²) >= 11 is 6.09. The van der Waals surface area contributed by atoms with Crippen LogP contribution in [0.4, 0.5) is 0 Å². The summed E-state index contributed by atoms with van der Waals surface area (Å²) in [7, 11) is 3.87. The van der Waals surface area contributed by atoms with E-state index in [1.54, 1.807) is 4.68 Å². The van der Waals surface area contributed by atoms with E-state index in [9.17, 15) is 0 Å². The number of fused-ring (bicyclic) bond motifs is 1. The fourth-order valence-electron chi connectivity index (χ4n) is 2.21. The summed E-state index contributed by atoms with van der Waals surface area (Å²) in [5.41, 5.74) is 3.92. The Balaban J connectivity index is 2.34. The summed E-state index contributed by atoms with van der Waals surface area (Å²) in [5.74, 6) is 0. The number of hydrogen-bond donors (Lipinski definition) is 0. The second-order valence-corrected chi connectivity index (χ2v) is 4.65. The lowest BCUT2D eigenvalue weighted by molar-refractivity contribution is 0.756. The predicted octanol–water partition coefficient (Wildman–Crippen LogP) is 2.33. The van der Waals surface area contributed by atoms with Crippen molar-refractivity contribution in [3.8, 4) is 11.3 Å². The molecule has 0 fully saturated rings. The third-order valence-electron chi connectivity index (χ3n) is 3.06. The van der Waals surface area contributed by atoms with Gasteiger partial charge in [0.2, 0.25) is 0 Å². The van der Waals surface area contributed by atoms with E-state index < -0.39 is 0 Å². The molecule has 3 aromatic rings. The highest BCUT2D eigenvalue weighted by Crippen LogP contribution is 2.30. The van der Waals surface area contributed by atoms with Crippen molar-refractivity contribution in [3.05, 3.63) is 29.4 Å². The Morgan fingerprint density at radius 1 is 1.22 bits per heavy atom. The molecule has 6 heteroatoms. The normalized spacial score (nSPS) is 11.3. The zero-order valence-electron chi connectivity index (χ0n) is 10.3. The first kappa shape index (κ1) is 11.2. The summed E-state index contributed by atoms with van der Waals surface area (Å²) in [6, 6.07) is 2.00. The molecule has 0 N–H and O–H groups in total. The summed E-state index contributed by atoms with van der Waals surface area (Å²) in [6.45, 7) is 1.99. The highest BCUT2D eigenvalue weighted by molar-refractivity contribution is 6.34. The molecule has 0 bridgehead atoms. The monoisotopic (exact) mass is 261 g/mol. The van der Waals surface area contributed by atoms with Gasteiger partial charge in [-0.15, -0.1) is 0 Å². The van der Waals surface area contributed by atoms with E-state index in [1.165, 1.54) is 6.33 Å². The predicted molar refractivity (Wildman–Crippen MR) is 70.5 cm³/mol. The molecule has 0 unspecified atom stereocenters. The van der Waals surface area contributed by atoms with Crippen LogP contribution in [0.25, 0.3) is 22.3 Å². The van der Waals surface area contributed by atoms with Gasteiger partial charge in [0, 0.05) is 25.9 Å². The minimum absolute atomic E-state index is 0.475. The van der Waals surface area contributed by atoms with Crippen molar-refractivity contribution in [1.29, 1.82) is 0 Å². The fraction of sp³-hybridized carbons (Fsp3) is 0.250. The molecule has 0 atom stereocenters. The van der Waals surface area contributed by atoms with Crippen molar-refractivity contribution in [1.82, 2.24) is 24.3 Å². The van der Waals surface area contributed by atoms with Gasteiger partial charge in [0.1, 0.15) is 17.1 Å². The Hall–Kier alpha value is -1.88. The van der Waals surface area contributed by atoms with Crippen molar-refractivity contribution in [2.24, 2.45) is 14.1 Å². The van der Waals surface area contributed by atoms with E-state index >= 15 is 0 Å². The lowest BCUT2D eigenvalue weighted by Gasteiger charge is -2.01. The lowest BCUT2D eigenvalue weighted by Crippen LogP contribution is -1.93. The molecule has 3 aromatic heterocycles. The van der Waals surface area contributed by atoms with Gasteiger partial charge in [0.25, 0.3) is 0 Å². The van der Waals surface area contributed by atoms with Gasteiger partial charge in [-0.25, -0.2) is 9.97 Å². The molecule has 0 aliphatic carbocycles. The molecule has 3 heterocycles. The van der Waals surface area contributed by atoms with Gasteiger partial charge < -0.3 is 4.57 Å². The Labute approximate surface area is 109 Å². The molecule has 0 radical (unpaired) electrons. The third-order valence-corrected chi connectivity index (χ3v) is 3.36. The van der Waals surface area contributed by atoms with Gasteiger partial charge in [0.05, 0.1) is 16.8 Å². The van der Waals surface area contributed by atoms with Crippen LogP contribution in [0.2, 0.25) is 5.15 Å². The van der Waals surface area contributed by atoms with Crippen LogP contribution in [0, 0.1) is 6.92 Å². The van der Waals surface area contributed by atoms with Crippen molar-refractivity contribution in [2.75, 3.05) is 0 Å². The zero-order valence-corrected chi connectivity index (χ0v) is 11.1. The van der Waals surface area contributed by atoms with Gasteiger partial charge >= 0.3 is 0 Å². The van der Waals surface area contributed by atoms with E-state index in [4.69, 9.17) is 11.6 Å². The lowest BCUT2D eigenvalue weighted by atomic mass is 10.2. The third kappa shape index (κ3) is 1.51. The summed E-state index contributed by atoms with van der Waals surface area (Å²) in [6.07, 6.45) is 3.47. The van der Waals surface area contributed by atoms with Crippen molar-refractivity contribution in [3.63, 3.8) is 0 Å². The van der Waals surface area contributed by atoms with Crippen LogP contribution in [0.5, 0.6) is 0 Å². The van der Waals surface area contributed by atoms with Gasteiger partial charge in [-0.1, -0.05) is 11.6 Å². The molecule has 0 amide bonds. The Kier molecular flexibility index (Phi) is 2.38. The van der Waals surface area contributed by atoms with Crippen LogP contribution in [-0.4, -0.2) is 24.3 Å². The fourth-order valence-corrected chi connectivity index (χ4v) is 2.40. The van der Waals surface area contributed by atoms with E-state index in [1.807, 2.05) is 37.8 Å². The van der Waals surface area contributed by atoms with E-state index in [2.05, 4.69) is 15.1 Å². The average molecular weight is 262 g/mol. The molecule has 18 heavy (non-hydrogen) atoms. The second kappa shape index (κ2) is 3.81. The topological polar surface area (TPSA) is 48.5 Å². The van der Waals surface area contributed by atoms with Crippen LogP contribution in [0.15, 0.2) is 18.6 Å². The molecule has 0 aromatic carbocycles. The number of hydrogen-bond acceptors (Lipinski definition) is 3. The smallest absolute Gasteiger partial charge is 0.145 e. The largest absolute Gasteiger partial charge is 0.328 e. The van der Waals surface area contributed by atoms with E-state index in [0.717, 1.165) is 28.0 Å². The highest BCUT2D eigenvalue weighted by Gasteiger charge is 2.15. The van der Waals surface area contributed by atoms with Crippen LogP contribution >= 0.6 is 11.6 Å². The average Bonchev–Trinajstić information content (AvgIpc) is 2.81. The molecular formula is C12H12ClN5. The Bertz CT molecular complexity index is 740. The van der Waals surface area contributed by atoms with Gasteiger partial charge in [0.15, 0.2) is 0 Å². The molecule has 3 rings (SSSR count). The molecule has 0 spiro atoms. The summed E-state index contributed by atoms with van der Waals surface area (Å²) < 4.78 is 3.81. The van der Waals surface area contributed by atoms with Crippen LogP contribution < -0.4 is 0 Å². The van der Waals surface area contributed by atoms with Gasteiger partial charge in [-0.05, 0) is 13.0 Å². The maximum absolute atomic E-state index is 6.09. The molecular weight excluding hydrogens is 250 g/mol. The van der Waals surface area contributed by atoms with Crippen molar-refractivity contribution in [2.45, 2.75) is 6.92 Å². The quantitative estimate of drug-likeness (QED) is 0.632. The zero-order chi connectivity index (χ0) is 12.9. The number of aryl methyl sites for hydroxylation is 3. The number of aromatic nitrogens is 5. The van der Waals surface area contributed by atoms with Crippen LogP contribution in [0.1, 0.15) is 5.69 Å². The van der Waals surface area contributed by atoms with E-state index in [0.29, 0.717) is 5.15 Å². The number of nitrogens with zero attached hydrogens (tertiary/aromatic N) is 5. The van der Waals surface area contributed by atoms with Crippen LogP contribution in [0.3, 0.4) is 0 Å². The van der Waals surface area contributed by atoms with Gasteiger partial charge in [-0.2, -0.15) is 5.10 Å². The minimum Gasteiger partial charge on any atom is -0.328 e. The SMILES string of the molecule is Cc1nn(C)cc1-c1cc2c(Cl)ncnc2n1C. The maximum atomic E-state index is 6.09.